The number of fused-ring (bicyclic) bond motifs is 1. The fraction of sp³-hybridized carbons (Fsp3) is 0.316. The van der Waals surface area contributed by atoms with Gasteiger partial charge in [0.1, 0.15) is 0 Å². The SMILES string of the molecule is CS(=O)(=O)N(CCCC(=O)Nc1cccc(C(F)(F)F)c1)c1ccc2c(c1)OCO2. The Bertz CT molecular complexity index is 1040. The van der Waals surface area contributed by atoms with Crippen LogP contribution < -0.4 is 19.1 Å². The summed E-state index contributed by atoms with van der Waals surface area (Å²) in [5.74, 6) is 0.407. The quantitative estimate of drug-likeness (QED) is 0.705. The number of nitrogens with one attached hydrogen (secondary N) is 1. The summed E-state index contributed by atoms with van der Waals surface area (Å²) in [6.07, 6.45) is -3.39. The van der Waals surface area contributed by atoms with Crippen molar-refractivity contribution >= 4 is 27.3 Å². The topological polar surface area (TPSA) is 84.9 Å². The molecule has 0 bridgehead atoms. The van der Waals surface area contributed by atoms with E-state index in [1.54, 1.807) is 12.1 Å². The van der Waals surface area contributed by atoms with Gasteiger partial charge in [0.2, 0.25) is 22.7 Å². The molecule has 3 rings (SSSR count). The number of benzene rings is 2. The summed E-state index contributed by atoms with van der Waals surface area (Å²) in [7, 11) is -3.63. The van der Waals surface area contributed by atoms with Crippen LogP contribution in [0.5, 0.6) is 11.5 Å². The number of hydrogen-bond donors (Lipinski definition) is 1. The lowest BCUT2D eigenvalue weighted by Gasteiger charge is -2.22. The fourth-order valence-corrected chi connectivity index (χ4v) is 3.86. The zero-order valence-corrected chi connectivity index (χ0v) is 16.7. The monoisotopic (exact) mass is 444 g/mol. The first-order valence-electron chi connectivity index (χ1n) is 8.88. The van der Waals surface area contributed by atoms with Crippen molar-refractivity contribution in [1.82, 2.24) is 0 Å². The summed E-state index contributed by atoms with van der Waals surface area (Å²) in [4.78, 5) is 12.1. The minimum Gasteiger partial charge on any atom is -0.454 e. The van der Waals surface area contributed by atoms with Gasteiger partial charge in [-0.1, -0.05) is 6.07 Å². The van der Waals surface area contributed by atoms with Crippen molar-refractivity contribution < 1.29 is 35.9 Å². The summed E-state index contributed by atoms with van der Waals surface area (Å²) in [5, 5.41) is 2.40. The molecule has 0 spiro atoms. The lowest BCUT2D eigenvalue weighted by molar-refractivity contribution is -0.137. The number of nitrogens with zero attached hydrogens (tertiary/aromatic N) is 1. The second kappa shape index (κ2) is 8.42. The molecular weight excluding hydrogens is 425 g/mol. The number of alkyl halides is 3. The van der Waals surface area contributed by atoms with Gasteiger partial charge in [0.15, 0.2) is 11.5 Å². The van der Waals surface area contributed by atoms with Gasteiger partial charge in [-0.15, -0.1) is 0 Å². The number of rotatable bonds is 7. The third kappa shape index (κ3) is 5.35. The molecule has 1 amide bonds. The number of carbonyl (C=O) groups is 1. The maximum atomic E-state index is 12.8. The molecule has 2 aromatic rings. The van der Waals surface area contributed by atoms with Crippen molar-refractivity contribution in [2.75, 3.05) is 29.2 Å². The maximum Gasteiger partial charge on any atom is 0.416 e. The Morgan fingerprint density at radius 3 is 2.57 bits per heavy atom. The van der Waals surface area contributed by atoms with E-state index >= 15 is 0 Å². The molecule has 0 saturated carbocycles. The highest BCUT2D eigenvalue weighted by atomic mass is 32.2. The van der Waals surface area contributed by atoms with Gasteiger partial charge in [-0.3, -0.25) is 9.10 Å². The molecule has 11 heteroatoms. The Morgan fingerprint density at radius 2 is 1.87 bits per heavy atom. The first-order valence-corrected chi connectivity index (χ1v) is 10.7. The molecule has 0 fully saturated rings. The fourth-order valence-electron chi connectivity index (χ4n) is 2.91. The molecule has 162 valence electrons. The Balaban J connectivity index is 1.61. The second-order valence-electron chi connectivity index (χ2n) is 6.60. The van der Waals surface area contributed by atoms with Crippen LogP contribution in [0.2, 0.25) is 0 Å². The number of hydrogen-bond acceptors (Lipinski definition) is 5. The molecule has 0 aromatic heterocycles. The van der Waals surface area contributed by atoms with Gasteiger partial charge in [0, 0.05) is 24.7 Å². The average Bonchev–Trinajstić information content (AvgIpc) is 3.11. The molecule has 0 radical (unpaired) electrons. The van der Waals surface area contributed by atoms with Crippen LogP contribution in [0.25, 0.3) is 0 Å². The largest absolute Gasteiger partial charge is 0.454 e. The van der Waals surface area contributed by atoms with Crippen LogP contribution in [-0.2, 0) is 21.0 Å². The standard InChI is InChI=1S/C19H19F3N2O5S/c1-30(26,27)24(15-7-8-16-17(11-15)29-12-28-16)9-3-6-18(25)23-14-5-2-4-13(10-14)19(20,21)22/h2,4-5,7-8,10-11H,3,6,9,12H2,1H3,(H,23,25). The van der Waals surface area contributed by atoms with E-state index in [2.05, 4.69) is 5.32 Å². The van der Waals surface area contributed by atoms with Gasteiger partial charge in [-0.05, 0) is 36.8 Å². The average molecular weight is 444 g/mol. The third-order valence-electron chi connectivity index (χ3n) is 4.28. The molecular formula is C19H19F3N2O5S. The van der Waals surface area contributed by atoms with E-state index in [4.69, 9.17) is 9.47 Å². The Hall–Kier alpha value is -2.95. The maximum absolute atomic E-state index is 12.8. The predicted molar refractivity (Wildman–Crippen MR) is 104 cm³/mol. The highest BCUT2D eigenvalue weighted by Crippen LogP contribution is 2.36. The van der Waals surface area contributed by atoms with Crippen LogP contribution in [0.3, 0.4) is 0 Å². The minimum absolute atomic E-state index is 0.00842. The zero-order valence-electron chi connectivity index (χ0n) is 15.9. The normalized spacial score (nSPS) is 13.2. The molecule has 1 heterocycles. The number of ether oxygens (including phenoxy) is 2. The van der Waals surface area contributed by atoms with Crippen molar-refractivity contribution in [3.63, 3.8) is 0 Å². The van der Waals surface area contributed by atoms with Crippen molar-refractivity contribution in [1.29, 1.82) is 0 Å². The molecule has 0 saturated heterocycles. The minimum atomic E-state index is -4.51. The van der Waals surface area contributed by atoms with Crippen molar-refractivity contribution in [2.45, 2.75) is 19.0 Å². The Morgan fingerprint density at radius 1 is 1.13 bits per heavy atom. The van der Waals surface area contributed by atoms with Crippen molar-refractivity contribution in [2.24, 2.45) is 0 Å². The van der Waals surface area contributed by atoms with Gasteiger partial charge in [-0.2, -0.15) is 13.2 Å². The Labute approximate surface area is 171 Å². The van der Waals surface area contributed by atoms with E-state index in [-0.39, 0.29) is 31.9 Å². The number of sulfonamides is 1. The molecule has 2 aromatic carbocycles. The first-order chi connectivity index (χ1) is 14.0. The van der Waals surface area contributed by atoms with E-state index in [1.807, 2.05) is 0 Å². The first kappa shape index (κ1) is 21.8. The summed E-state index contributed by atoms with van der Waals surface area (Å²) < 4.78 is 74.2. The number of halogens is 3. The molecule has 1 aliphatic heterocycles. The predicted octanol–water partition coefficient (Wildman–Crippen LogP) is 3.62. The van der Waals surface area contributed by atoms with Gasteiger partial charge in [0.25, 0.3) is 0 Å². The number of carbonyl (C=O) groups excluding carboxylic acids is 1. The van der Waals surface area contributed by atoms with Crippen LogP contribution >= 0.6 is 0 Å². The van der Waals surface area contributed by atoms with E-state index < -0.39 is 27.7 Å². The van der Waals surface area contributed by atoms with Gasteiger partial charge < -0.3 is 14.8 Å². The number of amides is 1. The summed E-state index contributed by atoms with van der Waals surface area (Å²) in [5.41, 5.74) is -0.489. The highest BCUT2D eigenvalue weighted by molar-refractivity contribution is 7.92. The lowest BCUT2D eigenvalue weighted by Crippen LogP contribution is -2.31. The van der Waals surface area contributed by atoms with Gasteiger partial charge in [-0.25, -0.2) is 8.42 Å². The summed E-state index contributed by atoms with van der Waals surface area (Å²) in [6.45, 7) is 0.0574. The van der Waals surface area contributed by atoms with Crippen LogP contribution in [-0.4, -0.2) is 33.9 Å². The number of anilines is 2. The zero-order chi connectivity index (χ0) is 21.9. The van der Waals surface area contributed by atoms with Gasteiger partial charge >= 0.3 is 6.18 Å². The molecule has 1 N–H and O–H groups in total. The van der Waals surface area contributed by atoms with Crippen LogP contribution in [0.4, 0.5) is 24.5 Å². The van der Waals surface area contributed by atoms with Crippen molar-refractivity contribution in [3.8, 4) is 11.5 Å². The summed E-state index contributed by atoms with van der Waals surface area (Å²) in [6, 6.07) is 8.99. The smallest absolute Gasteiger partial charge is 0.416 e. The third-order valence-corrected chi connectivity index (χ3v) is 5.48. The van der Waals surface area contributed by atoms with Crippen molar-refractivity contribution in [3.05, 3.63) is 48.0 Å². The molecule has 1 aliphatic rings. The van der Waals surface area contributed by atoms with E-state index in [1.165, 1.54) is 18.2 Å². The van der Waals surface area contributed by atoms with E-state index in [0.29, 0.717) is 17.2 Å². The summed E-state index contributed by atoms with van der Waals surface area (Å²) >= 11 is 0. The van der Waals surface area contributed by atoms with Crippen LogP contribution in [0.1, 0.15) is 18.4 Å². The lowest BCUT2D eigenvalue weighted by atomic mass is 10.2. The van der Waals surface area contributed by atoms with E-state index in [9.17, 15) is 26.4 Å². The molecule has 0 atom stereocenters. The Kier molecular flexibility index (Phi) is 6.11. The highest BCUT2D eigenvalue weighted by Gasteiger charge is 2.30. The van der Waals surface area contributed by atoms with Crippen LogP contribution in [0.15, 0.2) is 42.5 Å². The second-order valence-corrected chi connectivity index (χ2v) is 8.51. The molecule has 0 unspecified atom stereocenters. The van der Waals surface area contributed by atoms with Gasteiger partial charge in [0.05, 0.1) is 17.5 Å². The molecule has 7 nitrogen and oxygen atoms in total. The molecule has 0 aliphatic carbocycles. The molecule has 30 heavy (non-hydrogen) atoms. The van der Waals surface area contributed by atoms with E-state index in [0.717, 1.165) is 22.7 Å². The van der Waals surface area contributed by atoms with Crippen LogP contribution in [0, 0.1) is 0 Å².